The summed E-state index contributed by atoms with van der Waals surface area (Å²) >= 11 is 0. The van der Waals surface area contributed by atoms with Gasteiger partial charge in [-0.05, 0) is 25.5 Å². The van der Waals surface area contributed by atoms with Crippen LogP contribution in [0.4, 0.5) is 5.69 Å². The van der Waals surface area contributed by atoms with Crippen molar-refractivity contribution in [2.75, 3.05) is 5.32 Å². The Hall–Kier alpha value is -2.86. The standard InChI is InChI=1S/C20H19NO2.C2H6/c1-3-4-5-9-19(22)21-18-8-6-7-17(14-18)20(23)16-12-10-15(2)11-13-16;1-2/h1,6-8,10-14H,4-5,9H2,2H3,(H,21,22);1-2H3. The number of hydrogen-bond donors (Lipinski definition) is 1. The predicted octanol–water partition coefficient (Wildman–Crippen LogP) is 4.99. The third-order valence-corrected chi connectivity index (χ3v) is 3.45. The Kier molecular flexibility index (Phi) is 8.74. The minimum absolute atomic E-state index is 0.0616. The number of aryl methyl sites for hydroxylation is 1. The minimum atomic E-state index is -0.0971. The second kappa shape index (κ2) is 10.8. The summed E-state index contributed by atoms with van der Waals surface area (Å²) in [4.78, 5) is 24.3. The SMILES string of the molecule is C#CCCCC(=O)Nc1cccc(C(=O)c2ccc(C)cc2)c1.CC. The van der Waals surface area contributed by atoms with Crippen LogP contribution in [0.1, 0.15) is 54.6 Å². The molecular formula is C22H25NO2. The molecule has 130 valence electrons. The van der Waals surface area contributed by atoms with Gasteiger partial charge in [0, 0.05) is 29.7 Å². The van der Waals surface area contributed by atoms with Crippen molar-refractivity contribution in [3.05, 3.63) is 65.2 Å². The Morgan fingerprint density at radius 1 is 1.04 bits per heavy atom. The van der Waals surface area contributed by atoms with Crippen LogP contribution in [-0.4, -0.2) is 11.7 Å². The lowest BCUT2D eigenvalue weighted by molar-refractivity contribution is -0.116. The van der Waals surface area contributed by atoms with Gasteiger partial charge in [-0.3, -0.25) is 9.59 Å². The van der Waals surface area contributed by atoms with E-state index in [9.17, 15) is 9.59 Å². The van der Waals surface area contributed by atoms with Crippen molar-refractivity contribution >= 4 is 17.4 Å². The fourth-order valence-electron chi connectivity index (χ4n) is 2.18. The number of terminal acetylenes is 1. The first-order chi connectivity index (χ1) is 12.1. The zero-order chi connectivity index (χ0) is 18.7. The fraction of sp³-hybridized carbons (Fsp3) is 0.273. The molecule has 1 amide bonds. The first-order valence-corrected chi connectivity index (χ1v) is 8.55. The molecule has 3 heteroatoms. The highest BCUT2D eigenvalue weighted by atomic mass is 16.1. The molecule has 0 aliphatic rings. The van der Waals surface area contributed by atoms with Crippen LogP contribution < -0.4 is 5.32 Å². The van der Waals surface area contributed by atoms with Gasteiger partial charge in [0.1, 0.15) is 0 Å². The van der Waals surface area contributed by atoms with Crippen LogP contribution in [0.5, 0.6) is 0 Å². The molecule has 0 aliphatic carbocycles. The number of benzene rings is 2. The molecule has 0 saturated carbocycles. The van der Waals surface area contributed by atoms with Crippen molar-refractivity contribution in [1.29, 1.82) is 0 Å². The van der Waals surface area contributed by atoms with Crippen LogP contribution in [0, 0.1) is 19.3 Å². The highest BCUT2D eigenvalue weighted by molar-refractivity contribution is 6.09. The second-order valence-corrected chi connectivity index (χ2v) is 5.38. The van der Waals surface area contributed by atoms with E-state index in [4.69, 9.17) is 6.42 Å². The van der Waals surface area contributed by atoms with Gasteiger partial charge in [-0.15, -0.1) is 12.3 Å². The number of anilines is 1. The van der Waals surface area contributed by atoms with E-state index in [2.05, 4.69) is 11.2 Å². The van der Waals surface area contributed by atoms with E-state index in [1.165, 1.54) is 0 Å². The number of unbranched alkanes of at least 4 members (excludes halogenated alkanes) is 1. The van der Waals surface area contributed by atoms with Crippen LogP contribution in [0.15, 0.2) is 48.5 Å². The summed E-state index contributed by atoms with van der Waals surface area (Å²) in [7, 11) is 0. The summed E-state index contributed by atoms with van der Waals surface area (Å²) in [5.74, 6) is 2.35. The van der Waals surface area contributed by atoms with Gasteiger partial charge in [0.15, 0.2) is 5.78 Å². The van der Waals surface area contributed by atoms with Gasteiger partial charge in [0.05, 0.1) is 0 Å². The molecule has 25 heavy (non-hydrogen) atoms. The van der Waals surface area contributed by atoms with Crippen LogP contribution in [0.3, 0.4) is 0 Å². The summed E-state index contributed by atoms with van der Waals surface area (Å²) in [6, 6.07) is 14.4. The number of hydrogen-bond acceptors (Lipinski definition) is 2. The molecule has 0 saturated heterocycles. The maximum atomic E-state index is 12.5. The minimum Gasteiger partial charge on any atom is -0.326 e. The fourth-order valence-corrected chi connectivity index (χ4v) is 2.18. The second-order valence-electron chi connectivity index (χ2n) is 5.38. The molecule has 2 aromatic carbocycles. The third kappa shape index (κ3) is 6.64. The molecule has 0 aliphatic heterocycles. The van der Waals surface area contributed by atoms with E-state index >= 15 is 0 Å². The molecular weight excluding hydrogens is 310 g/mol. The van der Waals surface area contributed by atoms with E-state index in [0.29, 0.717) is 36.1 Å². The highest BCUT2D eigenvalue weighted by Gasteiger charge is 2.10. The van der Waals surface area contributed by atoms with Gasteiger partial charge in [0.2, 0.25) is 5.91 Å². The zero-order valence-electron chi connectivity index (χ0n) is 15.1. The van der Waals surface area contributed by atoms with E-state index in [0.717, 1.165) is 5.56 Å². The topological polar surface area (TPSA) is 46.2 Å². The van der Waals surface area contributed by atoms with E-state index in [1.54, 1.807) is 24.3 Å². The third-order valence-electron chi connectivity index (χ3n) is 3.45. The van der Waals surface area contributed by atoms with Crippen molar-refractivity contribution in [1.82, 2.24) is 0 Å². The number of nitrogens with one attached hydrogen (secondary N) is 1. The predicted molar refractivity (Wildman–Crippen MR) is 104 cm³/mol. The van der Waals surface area contributed by atoms with E-state index in [1.807, 2.05) is 45.0 Å². The average Bonchev–Trinajstić information content (AvgIpc) is 2.64. The summed E-state index contributed by atoms with van der Waals surface area (Å²) in [5, 5.41) is 2.80. The van der Waals surface area contributed by atoms with Crippen molar-refractivity contribution in [2.45, 2.75) is 40.0 Å². The van der Waals surface area contributed by atoms with Crippen LogP contribution >= 0.6 is 0 Å². The van der Waals surface area contributed by atoms with Crippen molar-refractivity contribution in [3.63, 3.8) is 0 Å². The van der Waals surface area contributed by atoms with E-state index < -0.39 is 0 Å². The Morgan fingerprint density at radius 3 is 2.36 bits per heavy atom. The normalized spacial score (nSPS) is 9.36. The van der Waals surface area contributed by atoms with Crippen LogP contribution in [0.25, 0.3) is 0 Å². The Labute approximate surface area is 150 Å². The van der Waals surface area contributed by atoms with Gasteiger partial charge < -0.3 is 5.32 Å². The van der Waals surface area contributed by atoms with Gasteiger partial charge in [-0.25, -0.2) is 0 Å². The molecule has 2 rings (SSSR count). The maximum Gasteiger partial charge on any atom is 0.224 e. The molecule has 0 fully saturated rings. The lowest BCUT2D eigenvalue weighted by Gasteiger charge is -2.07. The number of rotatable bonds is 6. The number of carbonyl (C=O) groups is 2. The van der Waals surface area contributed by atoms with Crippen LogP contribution in [0.2, 0.25) is 0 Å². The summed E-state index contributed by atoms with van der Waals surface area (Å²) in [5.41, 5.74) is 2.91. The summed E-state index contributed by atoms with van der Waals surface area (Å²) in [6.07, 6.45) is 6.78. The molecule has 0 unspecified atom stereocenters. The lowest BCUT2D eigenvalue weighted by atomic mass is 10.0. The summed E-state index contributed by atoms with van der Waals surface area (Å²) in [6.45, 7) is 5.98. The van der Waals surface area contributed by atoms with Gasteiger partial charge in [-0.2, -0.15) is 0 Å². The van der Waals surface area contributed by atoms with Crippen molar-refractivity contribution in [3.8, 4) is 12.3 Å². The molecule has 0 spiro atoms. The van der Waals surface area contributed by atoms with Crippen LogP contribution in [-0.2, 0) is 4.79 Å². The number of carbonyl (C=O) groups excluding carboxylic acids is 2. The van der Waals surface area contributed by atoms with Gasteiger partial charge >= 0.3 is 0 Å². The number of amides is 1. The Morgan fingerprint density at radius 2 is 1.72 bits per heavy atom. The first-order valence-electron chi connectivity index (χ1n) is 8.55. The van der Waals surface area contributed by atoms with E-state index in [-0.39, 0.29) is 11.7 Å². The average molecular weight is 335 g/mol. The molecule has 2 aromatic rings. The maximum absolute atomic E-state index is 12.5. The van der Waals surface area contributed by atoms with Crippen molar-refractivity contribution in [2.24, 2.45) is 0 Å². The molecule has 0 atom stereocenters. The Bertz CT molecular complexity index is 739. The molecule has 0 radical (unpaired) electrons. The lowest BCUT2D eigenvalue weighted by Crippen LogP contribution is -2.11. The molecule has 1 N–H and O–H groups in total. The summed E-state index contributed by atoms with van der Waals surface area (Å²) < 4.78 is 0. The molecule has 0 aromatic heterocycles. The van der Waals surface area contributed by atoms with Gasteiger partial charge in [-0.1, -0.05) is 55.8 Å². The quantitative estimate of drug-likeness (QED) is 0.459. The largest absolute Gasteiger partial charge is 0.326 e. The molecule has 3 nitrogen and oxygen atoms in total. The molecule has 0 heterocycles. The van der Waals surface area contributed by atoms with Crippen molar-refractivity contribution < 1.29 is 9.59 Å². The monoisotopic (exact) mass is 335 g/mol. The molecule has 0 bridgehead atoms. The number of ketones is 1. The highest BCUT2D eigenvalue weighted by Crippen LogP contribution is 2.16. The Balaban J connectivity index is 0.00000151. The smallest absolute Gasteiger partial charge is 0.224 e. The first kappa shape index (κ1) is 20.2. The van der Waals surface area contributed by atoms with Gasteiger partial charge in [0.25, 0.3) is 0 Å². The zero-order valence-corrected chi connectivity index (χ0v) is 15.1.